The van der Waals surface area contributed by atoms with Crippen LogP contribution >= 0.6 is 39.1 Å². The SMILES string of the molecule is O=C(O)CC(Cl)(Cl)Cc1ccc(Br)c(C(F)(F)F)c1. The van der Waals surface area contributed by atoms with Crippen LogP contribution < -0.4 is 0 Å². The van der Waals surface area contributed by atoms with Crippen molar-refractivity contribution in [2.45, 2.75) is 23.4 Å². The number of carboxylic acid groups (broad SMARTS) is 1. The fraction of sp³-hybridized carbons (Fsp3) is 0.364. The molecular weight excluding hydrogens is 372 g/mol. The van der Waals surface area contributed by atoms with Gasteiger partial charge in [-0.05, 0) is 17.7 Å². The van der Waals surface area contributed by atoms with E-state index in [2.05, 4.69) is 15.9 Å². The Hall–Kier alpha value is -0.460. The molecule has 0 amide bonds. The summed E-state index contributed by atoms with van der Waals surface area (Å²) >= 11 is 14.3. The van der Waals surface area contributed by atoms with Crippen LogP contribution in [0.2, 0.25) is 0 Å². The predicted molar refractivity (Wildman–Crippen MR) is 69.5 cm³/mol. The standard InChI is InChI=1S/C11H8BrCl2F3O2/c12-8-2-1-6(3-7(8)11(15,16)17)4-10(13,14)5-9(18)19/h1-3H,4-5H2,(H,18,19). The van der Waals surface area contributed by atoms with Gasteiger partial charge < -0.3 is 5.11 Å². The minimum absolute atomic E-state index is 0.100. The van der Waals surface area contributed by atoms with Crippen LogP contribution in [0.1, 0.15) is 17.5 Å². The van der Waals surface area contributed by atoms with Crippen LogP contribution in [0.25, 0.3) is 0 Å². The van der Waals surface area contributed by atoms with Crippen molar-refractivity contribution in [1.29, 1.82) is 0 Å². The van der Waals surface area contributed by atoms with E-state index in [0.717, 1.165) is 6.07 Å². The smallest absolute Gasteiger partial charge is 0.417 e. The second-order valence-corrected chi connectivity index (χ2v) is 6.41. The molecule has 1 rings (SSSR count). The van der Waals surface area contributed by atoms with E-state index in [0.29, 0.717) is 0 Å². The highest BCUT2D eigenvalue weighted by molar-refractivity contribution is 9.10. The molecular formula is C11H8BrCl2F3O2. The minimum atomic E-state index is -4.51. The first-order valence-electron chi connectivity index (χ1n) is 4.96. The second kappa shape index (κ2) is 5.89. The van der Waals surface area contributed by atoms with Gasteiger partial charge in [-0.2, -0.15) is 13.2 Å². The molecule has 1 aromatic rings. The number of rotatable bonds is 4. The Labute approximate surface area is 125 Å². The molecule has 0 spiro atoms. The highest BCUT2D eigenvalue weighted by Gasteiger charge is 2.34. The van der Waals surface area contributed by atoms with E-state index < -0.39 is 28.5 Å². The summed E-state index contributed by atoms with van der Waals surface area (Å²) in [6, 6.07) is 3.52. The van der Waals surface area contributed by atoms with Crippen LogP contribution in [0.3, 0.4) is 0 Å². The number of benzene rings is 1. The van der Waals surface area contributed by atoms with Gasteiger partial charge in [-0.1, -0.05) is 22.0 Å². The van der Waals surface area contributed by atoms with Crippen LogP contribution in [0.5, 0.6) is 0 Å². The minimum Gasteiger partial charge on any atom is -0.481 e. The van der Waals surface area contributed by atoms with E-state index in [1.165, 1.54) is 12.1 Å². The van der Waals surface area contributed by atoms with E-state index in [9.17, 15) is 18.0 Å². The van der Waals surface area contributed by atoms with E-state index in [-0.39, 0.29) is 16.5 Å². The van der Waals surface area contributed by atoms with Crippen molar-refractivity contribution >= 4 is 45.1 Å². The van der Waals surface area contributed by atoms with Crippen molar-refractivity contribution in [3.05, 3.63) is 33.8 Å². The molecule has 0 aliphatic carbocycles. The highest BCUT2D eigenvalue weighted by atomic mass is 79.9. The van der Waals surface area contributed by atoms with Gasteiger partial charge in [0.1, 0.15) is 4.33 Å². The molecule has 0 aliphatic heterocycles. The monoisotopic (exact) mass is 378 g/mol. The van der Waals surface area contributed by atoms with Gasteiger partial charge >= 0.3 is 12.1 Å². The summed E-state index contributed by atoms with van der Waals surface area (Å²) in [7, 11) is 0. The first-order valence-corrected chi connectivity index (χ1v) is 6.51. The molecule has 0 atom stereocenters. The zero-order valence-electron chi connectivity index (χ0n) is 9.27. The molecule has 1 aromatic carbocycles. The lowest BCUT2D eigenvalue weighted by Crippen LogP contribution is -2.21. The number of aliphatic carboxylic acids is 1. The second-order valence-electron chi connectivity index (χ2n) is 3.92. The third-order valence-electron chi connectivity index (χ3n) is 2.21. The summed E-state index contributed by atoms with van der Waals surface area (Å²) in [5.41, 5.74) is -0.647. The lowest BCUT2D eigenvalue weighted by atomic mass is 10.0. The molecule has 0 bridgehead atoms. The summed E-state index contributed by atoms with van der Waals surface area (Å²) in [4.78, 5) is 10.5. The Morgan fingerprint density at radius 3 is 2.37 bits per heavy atom. The largest absolute Gasteiger partial charge is 0.481 e. The lowest BCUT2D eigenvalue weighted by molar-refractivity contribution is -0.139. The summed E-state index contributed by atoms with van der Waals surface area (Å²) in [6.07, 6.45) is -5.27. The van der Waals surface area contributed by atoms with Crippen LogP contribution in [0, 0.1) is 0 Å². The quantitative estimate of drug-likeness (QED) is 0.772. The Kier molecular flexibility index (Phi) is 5.15. The van der Waals surface area contributed by atoms with Crippen molar-refractivity contribution in [2.75, 3.05) is 0 Å². The number of carbonyl (C=O) groups is 1. The molecule has 8 heteroatoms. The van der Waals surface area contributed by atoms with E-state index >= 15 is 0 Å². The lowest BCUT2D eigenvalue weighted by Gasteiger charge is -2.18. The molecule has 0 radical (unpaired) electrons. The molecule has 1 N–H and O–H groups in total. The molecule has 106 valence electrons. The summed E-state index contributed by atoms with van der Waals surface area (Å²) < 4.78 is 36.3. The maximum absolute atomic E-state index is 12.7. The maximum Gasteiger partial charge on any atom is 0.417 e. The van der Waals surface area contributed by atoms with Gasteiger partial charge in [0.05, 0.1) is 12.0 Å². The Morgan fingerprint density at radius 2 is 1.89 bits per heavy atom. The van der Waals surface area contributed by atoms with Crippen molar-refractivity contribution in [3.8, 4) is 0 Å². The van der Waals surface area contributed by atoms with Crippen LogP contribution in [-0.2, 0) is 17.4 Å². The normalized spacial score (nSPS) is 12.5. The molecule has 19 heavy (non-hydrogen) atoms. The Morgan fingerprint density at radius 1 is 1.32 bits per heavy atom. The van der Waals surface area contributed by atoms with E-state index in [1.54, 1.807) is 0 Å². The fourth-order valence-corrected chi connectivity index (χ4v) is 2.49. The zero-order chi connectivity index (χ0) is 14.8. The first-order chi connectivity index (χ1) is 8.51. The van der Waals surface area contributed by atoms with Gasteiger partial charge in [0.15, 0.2) is 0 Å². The third-order valence-corrected chi connectivity index (χ3v) is 3.43. The fourth-order valence-electron chi connectivity index (χ4n) is 1.48. The summed E-state index contributed by atoms with van der Waals surface area (Å²) in [6.45, 7) is 0. The van der Waals surface area contributed by atoms with Crippen molar-refractivity contribution < 1.29 is 23.1 Å². The Balaban J connectivity index is 3.01. The van der Waals surface area contributed by atoms with Crippen molar-refractivity contribution in [2.24, 2.45) is 0 Å². The molecule has 0 fully saturated rings. The van der Waals surface area contributed by atoms with Crippen LogP contribution in [-0.4, -0.2) is 15.4 Å². The van der Waals surface area contributed by atoms with Crippen molar-refractivity contribution in [3.63, 3.8) is 0 Å². The zero-order valence-corrected chi connectivity index (χ0v) is 12.4. The molecule has 0 aliphatic rings. The van der Waals surface area contributed by atoms with Gasteiger partial charge in [-0.15, -0.1) is 23.2 Å². The van der Waals surface area contributed by atoms with E-state index in [1.807, 2.05) is 0 Å². The third kappa shape index (κ3) is 5.20. The molecule has 0 saturated carbocycles. The van der Waals surface area contributed by atoms with Crippen LogP contribution in [0.15, 0.2) is 22.7 Å². The number of hydrogen-bond acceptors (Lipinski definition) is 1. The molecule has 2 nitrogen and oxygen atoms in total. The molecule has 0 unspecified atom stereocenters. The molecule has 0 aromatic heterocycles. The van der Waals surface area contributed by atoms with Crippen LogP contribution in [0.4, 0.5) is 13.2 Å². The number of alkyl halides is 5. The number of halogens is 6. The van der Waals surface area contributed by atoms with Crippen molar-refractivity contribution in [1.82, 2.24) is 0 Å². The number of hydrogen-bond donors (Lipinski definition) is 1. The topological polar surface area (TPSA) is 37.3 Å². The Bertz CT molecular complexity index is 489. The number of carboxylic acids is 1. The maximum atomic E-state index is 12.7. The van der Waals surface area contributed by atoms with E-state index in [4.69, 9.17) is 28.3 Å². The highest BCUT2D eigenvalue weighted by Crippen LogP contribution is 2.37. The van der Waals surface area contributed by atoms with Gasteiger partial charge in [0.25, 0.3) is 0 Å². The van der Waals surface area contributed by atoms with Gasteiger partial charge in [-0.25, -0.2) is 0 Å². The molecule has 0 heterocycles. The van der Waals surface area contributed by atoms with Gasteiger partial charge in [0, 0.05) is 10.9 Å². The van der Waals surface area contributed by atoms with Gasteiger partial charge in [-0.3, -0.25) is 4.79 Å². The molecule has 0 saturated heterocycles. The average Bonchev–Trinajstić information content (AvgIpc) is 2.16. The summed E-state index contributed by atoms with van der Waals surface area (Å²) in [5, 5.41) is 8.60. The summed E-state index contributed by atoms with van der Waals surface area (Å²) in [5.74, 6) is -1.22. The van der Waals surface area contributed by atoms with Gasteiger partial charge in [0.2, 0.25) is 0 Å². The predicted octanol–water partition coefficient (Wildman–Crippen LogP) is 4.66. The first kappa shape index (κ1) is 16.6. The average molecular weight is 380 g/mol.